The minimum atomic E-state index is -0.294. The molecule has 8 heteroatoms. The molecular weight excluding hydrogens is 419 g/mol. The summed E-state index contributed by atoms with van der Waals surface area (Å²) in [6.45, 7) is 0.533. The highest BCUT2D eigenvalue weighted by Crippen LogP contribution is 2.31. The van der Waals surface area contributed by atoms with Crippen LogP contribution in [0.3, 0.4) is 0 Å². The predicted molar refractivity (Wildman–Crippen MR) is 105 cm³/mol. The average Bonchev–Trinajstić information content (AvgIpc) is 3.11. The Kier molecular flexibility index (Phi) is 5.08. The largest absolute Gasteiger partial charge is 0.274 e. The van der Waals surface area contributed by atoms with E-state index in [1.54, 1.807) is 23.1 Å². The molecule has 2 heterocycles. The summed E-state index contributed by atoms with van der Waals surface area (Å²) in [5.74, 6) is -0.120. The van der Waals surface area contributed by atoms with Crippen LogP contribution in [0, 0.1) is 11.7 Å². The summed E-state index contributed by atoms with van der Waals surface area (Å²) in [5, 5.41) is 0.568. The summed E-state index contributed by atoms with van der Waals surface area (Å²) in [6, 6.07) is 14.2. The molecule has 2 atom stereocenters. The summed E-state index contributed by atoms with van der Waals surface area (Å²) < 4.78 is 14.9. The number of halogens is 2. The monoisotopic (exact) mass is 434 g/mol. The Morgan fingerprint density at radius 3 is 2.77 bits per heavy atom. The molecule has 1 saturated heterocycles. The molecule has 2 aliphatic rings. The predicted octanol–water partition coefficient (Wildman–Crippen LogP) is 3.27. The van der Waals surface area contributed by atoms with Crippen LogP contribution in [0.4, 0.5) is 10.1 Å². The van der Waals surface area contributed by atoms with Gasteiger partial charge in [-0.3, -0.25) is 15.1 Å². The minimum absolute atomic E-state index is 0.0131. The van der Waals surface area contributed by atoms with Crippen molar-refractivity contribution in [3.63, 3.8) is 0 Å². The van der Waals surface area contributed by atoms with Crippen molar-refractivity contribution in [3.8, 4) is 0 Å². The maximum atomic E-state index is 13.9. The molecule has 1 fully saturated rings. The Morgan fingerprint density at radius 1 is 1.23 bits per heavy atom. The summed E-state index contributed by atoms with van der Waals surface area (Å²) in [6.07, 6.45) is -0.294. The Bertz CT molecular complexity index is 861. The number of hydrogen-bond donors (Lipinski definition) is 2. The van der Waals surface area contributed by atoms with E-state index in [9.17, 15) is 9.18 Å². The molecule has 1 amide bonds. The molecule has 0 radical (unpaired) electrons. The van der Waals surface area contributed by atoms with Crippen molar-refractivity contribution in [2.45, 2.75) is 11.9 Å². The van der Waals surface area contributed by atoms with Crippen molar-refractivity contribution >= 4 is 44.5 Å². The third-order valence-electron chi connectivity index (χ3n) is 4.33. The number of amides is 1. The van der Waals surface area contributed by atoms with Crippen LogP contribution in [-0.2, 0) is 10.5 Å². The van der Waals surface area contributed by atoms with Gasteiger partial charge in [-0.05, 0) is 35.9 Å². The zero-order chi connectivity index (χ0) is 18.1. The van der Waals surface area contributed by atoms with Crippen molar-refractivity contribution in [2.24, 2.45) is 10.9 Å². The van der Waals surface area contributed by atoms with Crippen LogP contribution >= 0.6 is 27.7 Å². The molecule has 5 nitrogen and oxygen atoms in total. The van der Waals surface area contributed by atoms with Gasteiger partial charge in [0.25, 0.3) is 0 Å². The Morgan fingerprint density at radius 2 is 2.00 bits per heavy atom. The van der Waals surface area contributed by atoms with Gasteiger partial charge in [0, 0.05) is 16.8 Å². The van der Waals surface area contributed by atoms with E-state index in [4.69, 9.17) is 4.99 Å². The average molecular weight is 435 g/mol. The fourth-order valence-electron chi connectivity index (χ4n) is 2.95. The van der Waals surface area contributed by atoms with Gasteiger partial charge in [0.15, 0.2) is 5.17 Å². The van der Waals surface area contributed by atoms with E-state index in [-0.39, 0.29) is 23.8 Å². The molecule has 0 aromatic heterocycles. The van der Waals surface area contributed by atoms with Crippen LogP contribution in [0.25, 0.3) is 0 Å². The van der Waals surface area contributed by atoms with E-state index in [2.05, 4.69) is 26.8 Å². The van der Waals surface area contributed by atoms with Gasteiger partial charge in [0.2, 0.25) is 5.91 Å². The SMILES string of the molecule is O=C1C2CNNC2N=C(SCc2ccccc2F)N1c1ccc(Br)cc1. The van der Waals surface area contributed by atoms with Gasteiger partial charge >= 0.3 is 0 Å². The van der Waals surface area contributed by atoms with E-state index >= 15 is 0 Å². The highest BCUT2D eigenvalue weighted by atomic mass is 79.9. The summed E-state index contributed by atoms with van der Waals surface area (Å²) in [5.41, 5.74) is 7.37. The maximum Gasteiger partial charge on any atom is 0.241 e. The van der Waals surface area contributed by atoms with Crippen LogP contribution < -0.4 is 15.8 Å². The highest BCUT2D eigenvalue weighted by Gasteiger charge is 2.42. The molecule has 134 valence electrons. The molecule has 2 N–H and O–H groups in total. The fourth-order valence-corrected chi connectivity index (χ4v) is 4.25. The van der Waals surface area contributed by atoms with E-state index < -0.39 is 0 Å². The summed E-state index contributed by atoms with van der Waals surface area (Å²) in [7, 11) is 0. The van der Waals surface area contributed by atoms with Gasteiger partial charge in [-0.15, -0.1) is 0 Å². The Labute approximate surface area is 163 Å². The first-order chi connectivity index (χ1) is 12.6. The molecule has 2 aliphatic heterocycles. The first kappa shape index (κ1) is 17.7. The first-order valence-corrected chi connectivity index (χ1v) is 9.93. The number of amidine groups is 1. The number of rotatable bonds is 3. The Hall–Kier alpha value is -1.74. The van der Waals surface area contributed by atoms with E-state index in [1.165, 1.54) is 17.8 Å². The highest BCUT2D eigenvalue weighted by molar-refractivity contribution is 9.10. The second kappa shape index (κ2) is 7.48. The Balaban J connectivity index is 1.65. The van der Waals surface area contributed by atoms with Crippen LogP contribution in [0.15, 0.2) is 58.0 Å². The van der Waals surface area contributed by atoms with Crippen LogP contribution in [0.2, 0.25) is 0 Å². The third kappa shape index (κ3) is 3.42. The van der Waals surface area contributed by atoms with Crippen molar-refractivity contribution in [2.75, 3.05) is 11.4 Å². The van der Waals surface area contributed by atoms with E-state index in [1.807, 2.05) is 24.3 Å². The van der Waals surface area contributed by atoms with Crippen LogP contribution in [0.1, 0.15) is 5.56 Å². The van der Waals surface area contributed by atoms with Gasteiger partial charge in [0.05, 0.1) is 11.6 Å². The van der Waals surface area contributed by atoms with Crippen molar-refractivity contribution < 1.29 is 9.18 Å². The lowest BCUT2D eigenvalue weighted by molar-refractivity contribution is -0.121. The second-order valence-electron chi connectivity index (χ2n) is 6.02. The molecule has 0 spiro atoms. The first-order valence-electron chi connectivity index (χ1n) is 8.15. The van der Waals surface area contributed by atoms with Gasteiger partial charge < -0.3 is 0 Å². The molecule has 26 heavy (non-hydrogen) atoms. The fraction of sp³-hybridized carbons (Fsp3) is 0.222. The summed E-state index contributed by atoms with van der Waals surface area (Å²) >= 11 is 4.77. The zero-order valence-electron chi connectivity index (χ0n) is 13.7. The molecule has 2 unspecified atom stereocenters. The zero-order valence-corrected chi connectivity index (χ0v) is 16.1. The molecular formula is C18H16BrFN4OS. The lowest BCUT2D eigenvalue weighted by atomic mass is 10.0. The quantitative estimate of drug-likeness (QED) is 0.777. The lowest BCUT2D eigenvalue weighted by Crippen LogP contribution is -2.49. The molecule has 2 aromatic carbocycles. The normalized spacial score (nSPS) is 22.3. The number of aliphatic imine (C=N–C) groups is 1. The number of fused-ring (bicyclic) bond motifs is 1. The van der Waals surface area contributed by atoms with Gasteiger partial charge in [-0.1, -0.05) is 45.9 Å². The van der Waals surface area contributed by atoms with Gasteiger partial charge in [-0.25, -0.2) is 14.8 Å². The van der Waals surface area contributed by atoms with Gasteiger partial charge in [-0.2, -0.15) is 0 Å². The molecule has 0 aliphatic carbocycles. The number of nitrogens with zero attached hydrogens (tertiary/aromatic N) is 2. The van der Waals surface area contributed by atoms with Crippen molar-refractivity contribution in [3.05, 3.63) is 64.4 Å². The number of thioether (sulfide) groups is 1. The molecule has 4 rings (SSSR count). The van der Waals surface area contributed by atoms with Crippen LogP contribution in [-0.4, -0.2) is 23.8 Å². The number of hydrazine groups is 1. The lowest BCUT2D eigenvalue weighted by Gasteiger charge is -2.32. The van der Waals surface area contributed by atoms with Gasteiger partial charge in [0.1, 0.15) is 12.0 Å². The maximum absolute atomic E-state index is 13.9. The minimum Gasteiger partial charge on any atom is -0.274 e. The molecule has 2 aromatic rings. The van der Waals surface area contributed by atoms with Crippen LogP contribution in [0.5, 0.6) is 0 Å². The van der Waals surface area contributed by atoms with Crippen molar-refractivity contribution in [1.82, 2.24) is 10.9 Å². The summed E-state index contributed by atoms with van der Waals surface area (Å²) in [4.78, 5) is 19.4. The number of carbonyl (C=O) groups is 1. The molecule has 0 bridgehead atoms. The van der Waals surface area contributed by atoms with E-state index in [0.717, 1.165) is 10.2 Å². The van der Waals surface area contributed by atoms with Crippen molar-refractivity contribution in [1.29, 1.82) is 0 Å². The third-order valence-corrected chi connectivity index (χ3v) is 5.86. The van der Waals surface area contributed by atoms with E-state index in [0.29, 0.717) is 23.0 Å². The smallest absolute Gasteiger partial charge is 0.241 e. The topological polar surface area (TPSA) is 56.7 Å². The number of carbonyl (C=O) groups excluding carboxylic acids is 1. The number of hydrogen-bond acceptors (Lipinski definition) is 5. The second-order valence-corrected chi connectivity index (χ2v) is 7.88. The number of nitrogens with one attached hydrogen (secondary N) is 2. The molecule has 0 saturated carbocycles. The number of anilines is 1. The standard InChI is InChI=1S/C18H16BrFN4OS/c19-12-5-7-13(8-6-12)24-17(25)14-9-21-23-16(14)22-18(24)26-10-11-3-1-2-4-15(11)20/h1-8,14,16,21,23H,9-10H2. The number of benzene rings is 2.